The van der Waals surface area contributed by atoms with Gasteiger partial charge in [-0.15, -0.1) is 0 Å². The van der Waals surface area contributed by atoms with E-state index in [1.165, 1.54) is 0 Å². The van der Waals surface area contributed by atoms with E-state index in [1.807, 2.05) is 30.3 Å². The molecule has 1 aromatic heterocycles. The molecule has 4 nitrogen and oxygen atoms in total. The summed E-state index contributed by atoms with van der Waals surface area (Å²) in [6.45, 7) is 2.32. The van der Waals surface area contributed by atoms with E-state index in [9.17, 15) is 9.90 Å². The Hall–Kier alpha value is -2.46. The molecule has 0 spiro atoms. The van der Waals surface area contributed by atoms with Crippen molar-refractivity contribution in [3.05, 3.63) is 78.0 Å². The van der Waals surface area contributed by atoms with Gasteiger partial charge in [0.05, 0.1) is 12.2 Å². The normalized spacial score (nSPS) is 12.2. The molecular formula is C21H24NO3. The van der Waals surface area contributed by atoms with Crippen LogP contribution in [0.1, 0.15) is 41.3 Å². The monoisotopic (exact) mass is 338 g/mol. The van der Waals surface area contributed by atoms with Crippen molar-refractivity contribution in [2.45, 2.75) is 19.8 Å². The van der Waals surface area contributed by atoms with Crippen molar-refractivity contribution >= 4 is 12.0 Å². The van der Waals surface area contributed by atoms with E-state index in [2.05, 4.69) is 17.5 Å². The number of hydrogen-bond donors (Lipinski definition) is 1. The highest BCUT2D eigenvalue weighted by Crippen LogP contribution is 2.18. The predicted octanol–water partition coefficient (Wildman–Crippen LogP) is 3.91. The van der Waals surface area contributed by atoms with Crippen LogP contribution >= 0.6 is 0 Å². The van der Waals surface area contributed by atoms with E-state index in [0.717, 1.165) is 17.5 Å². The van der Waals surface area contributed by atoms with E-state index < -0.39 is 0 Å². The molecule has 0 saturated heterocycles. The zero-order chi connectivity index (χ0) is 17.9. The number of benzene rings is 1. The topological polar surface area (TPSA) is 59.4 Å². The first-order valence-corrected chi connectivity index (χ1v) is 8.52. The Bertz CT molecular complexity index is 665. The number of rotatable bonds is 9. The Morgan fingerprint density at radius 2 is 1.88 bits per heavy atom. The van der Waals surface area contributed by atoms with Crippen LogP contribution in [0, 0.1) is 12.3 Å². The molecule has 0 aliphatic carbocycles. The van der Waals surface area contributed by atoms with Crippen LogP contribution in [-0.4, -0.2) is 29.3 Å². The third-order valence-corrected chi connectivity index (χ3v) is 3.84. The Morgan fingerprint density at radius 1 is 1.16 bits per heavy atom. The maximum Gasteiger partial charge on any atom is 0.338 e. The van der Waals surface area contributed by atoms with Crippen LogP contribution in [0.4, 0.5) is 0 Å². The van der Waals surface area contributed by atoms with Crippen molar-refractivity contribution in [1.29, 1.82) is 0 Å². The molecule has 1 heterocycles. The lowest BCUT2D eigenvalue weighted by molar-refractivity contribution is 0.0526. The largest absolute Gasteiger partial charge is 0.462 e. The number of aromatic nitrogens is 1. The van der Waals surface area contributed by atoms with Crippen LogP contribution in [0.3, 0.4) is 0 Å². The second kappa shape index (κ2) is 10.4. The SMILES string of the molecule is CCOC(=O)c1ccc(C=CC(C[CH]c2ccncc2)CCO)cc1. The molecule has 0 saturated carbocycles. The minimum atomic E-state index is -0.303. The van der Waals surface area contributed by atoms with E-state index >= 15 is 0 Å². The smallest absolute Gasteiger partial charge is 0.338 e. The lowest BCUT2D eigenvalue weighted by Crippen LogP contribution is -2.04. The summed E-state index contributed by atoms with van der Waals surface area (Å²) >= 11 is 0. The van der Waals surface area contributed by atoms with Crippen molar-refractivity contribution in [1.82, 2.24) is 4.98 Å². The lowest BCUT2D eigenvalue weighted by atomic mass is 9.96. The molecule has 0 fully saturated rings. The Kier molecular flexibility index (Phi) is 7.86. The van der Waals surface area contributed by atoms with Crippen LogP contribution in [0.2, 0.25) is 0 Å². The first-order chi connectivity index (χ1) is 12.2. The van der Waals surface area contributed by atoms with Crippen molar-refractivity contribution in [3.63, 3.8) is 0 Å². The fraction of sp³-hybridized carbons (Fsp3) is 0.286. The van der Waals surface area contributed by atoms with Crippen LogP contribution in [-0.2, 0) is 4.74 Å². The fourth-order valence-corrected chi connectivity index (χ4v) is 2.44. The lowest BCUT2D eigenvalue weighted by Gasteiger charge is -2.11. The summed E-state index contributed by atoms with van der Waals surface area (Å²) in [5, 5.41) is 9.27. The second-order valence-corrected chi connectivity index (χ2v) is 5.69. The number of nitrogens with zero attached hydrogens (tertiary/aromatic N) is 1. The number of esters is 1. The average Bonchev–Trinajstić information content (AvgIpc) is 2.65. The number of carbonyl (C=O) groups excluding carboxylic acids is 1. The summed E-state index contributed by atoms with van der Waals surface area (Å²) in [7, 11) is 0. The minimum absolute atomic E-state index is 0.154. The standard InChI is InChI=1S/C21H24NO3/c1-2-25-21(24)20-9-7-17(8-10-20)3-4-18(13-16-23)5-6-19-11-14-22-15-12-19/h3-4,6-12,14-15,18,23H,2,5,13,16H2,1H3. The maximum absolute atomic E-state index is 11.7. The van der Waals surface area contributed by atoms with Gasteiger partial charge in [-0.3, -0.25) is 4.98 Å². The number of pyridine rings is 1. The van der Waals surface area contributed by atoms with E-state index in [4.69, 9.17) is 4.74 Å². The summed E-state index contributed by atoms with van der Waals surface area (Å²) in [5.41, 5.74) is 2.70. The maximum atomic E-state index is 11.7. The Balaban J connectivity index is 1.94. The summed E-state index contributed by atoms with van der Waals surface area (Å²) in [6, 6.07) is 11.3. The molecule has 0 aliphatic heterocycles. The third kappa shape index (κ3) is 6.51. The molecule has 4 heteroatoms. The molecule has 2 rings (SSSR count). The minimum Gasteiger partial charge on any atom is -0.462 e. The molecule has 1 aromatic carbocycles. The zero-order valence-corrected chi connectivity index (χ0v) is 14.5. The molecule has 1 atom stereocenters. The van der Waals surface area contributed by atoms with Gasteiger partial charge in [0.15, 0.2) is 0 Å². The van der Waals surface area contributed by atoms with Gasteiger partial charge in [0.2, 0.25) is 0 Å². The number of allylic oxidation sites excluding steroid dienone is 1. The van der Waals surface area contributed by atoms with E-state index in [0.29, 0.717) is 18.6 Å². The van der Waals surface area contributed by atoms with Gasteiger partial charge in [-0.1, -0.05) is 24.3 Å². The summed E-state index contributed by atoms with van der Waals surface area (Å²) < 4.78 is 4.98. The third-order valence-electron chi connectivity index (χ3n) is 3.84. The van der Waals surface area contributed by atoms with Crippen LogP contribution in [0.5, 0.6) is 0 Å². The molecule has 131 valence electrons. The molecule has 1 radical (unpaired) electrons. The summed E-state index contributed by atoms with van der Waals surface area (Å²) in [4.78, 5) is 15.7. The number of carbonyl (C=O) groups is 1. The molecule has 0 bridgehead atoms. The molecule has 1 N–H and O–H groups in total. The highest BCUT2D eigenvalue weighted by molar-refractivity contribution is 5.89. The van der Waals surface area contributed by atoms with Gasteiger partial charge in [-0.2, -0.15) is 0 Å². The van der Waals surface area contributed by atoms with E-state index in [1.54, 1.807) is 31.5 Å². The first kappa shape index (κ1) is 18.9. The van der Waals surface area contributed by atoms with Crippen LogP contribution < -0.4 is 0 Å². The Morgan fingerprint density at radius 3 is 2.52 bits per heavy atom. The van der Waals surface area contributed by atoms with Gasteiger partial charge < -0.3 is 9.84 Å². The Labute approximate surface area is 149 Å². The van der Waals surface area contributed by atoms with Gasteiger partial charge in [0.1, 0.15) is 0 Å². The van der Waals surface area contributed by atoms with Crippen molar-refractivity contribution < 1.29 is 14.6 Å². The molecule has 1 unspecified atom stereocenters. The van der Waals surface area contributed by atoms with Crippen molar-refractivity contribution in [2.75, 3.05) is 13.2 Å². The van der Waals surface area contributed by atoms with Gasteiger partial charge in [-0.05, 0) is 67.5 Å². The number of hydrogen-bond acceptors (Lipinski definition) is 4. The summed E-state index contributed by atoms with van der Waals surface area (Å²) in [5.74, 6) is -0.0500. The highest BCUT2D eigenvalue weighted by atomic mass is 16.5. The van der Waals surface area contributed by atoms with Crippen LogP contribution in [0.25, 0.3) is 6.08 Å². The average molecular weight is 338 g/mol. The van der Waals surface area contributed by atoms with E-state index in [-0.39, 0.29) is 18.5 Å². The zero-order valence-electron chi connectivity index (χ0n) is 14.5. The molecular weight excluding hydrogens is 314 g/mol. The number of ether oxygens (including phenoxy) is 1. The first-order valence-electron chi connectivity index (χ1n) is 8.52. The van der Waals surface area contributed by atoms with Crippen molar-refractivity contribution in [3.8, 4) is 0 Å². The quantitative estimate of drug-likeness (QED) is 0.704. The van der Waals surface area contributed by atoms with Gasteiger partial charge in [0, 0.05) is 19.0 Å². The number of aliphatic hydroxyl groups excluding tert-OH is 1. The molecule has 2 aromatic rings. The molecule has 0 amide bonds. The molecule has 0 aliphatic rings. The van der Waals surface area contributed by atoms with Crippen LogP contribution in [0.15, 0.2) is 54.9 Å². The highest BCUT2D eigenvalue weighted by Gasteiger charge is 2.07. The molecule has 25 heavy (non-hydrogen) atoms. The number of aliphatic hydroxyl groups is 1. The fourth-order valence-electron chi connectivity index (χ4n) is 2.44. The predicted molar refractivity (Wildman–Crippen MR) is 98.9 cm³/mol. The van der Waals surface area contributed by atoms with Crippen molar-refractivity contribution in [2.24, 2.45) is 5.92 Å². The van der Waals surface area contributed by atoms with Gasteiger partial charge in [0.25, 0.3) is 0 Å². The van der Waals surface area contributed by atoms with Gasteiger partial charge in [-0.25, -0.2) is 4.79 Å². The summed E-state index contributed by atoms with van der Waals surface area (Å²) in [6.07, 6.45) is 11.4. The van der Waals surface area contributed by atoms with Gasteiger partial charge >= 0.3 is 5.97 Å². The second-order valence-electron chi connectivity index (χ2n) is 5.69.